The van der Waals surface area contributed by atoms with E-state index in [1.165, 1.54) is 18.1 Å². The third-order valence-corrected chi connectivity index (χ3v) is 6.97. The summed E-state index contributed by atoms with van der Waals surface area (Å²) in [5.41, 5.74) is 3.84. The highest BCUT2D eigenvalue weighted by Crippen LogP contribution is 2.52. The molecule has 0 nitrogen and oxygen atoms in total. The SMILES string of the molecule is Cc1ccc2c(c1)C(C)(C)c1cc(C(C)(CCCCCBr)C(F)(F)F)ccc1-2. The lowest BCUT2D eigenvalue weighted by atomic mass is 9.74. The summed E-state index contributed by atoms with van der Waals surface area (Å²) in [6, 6.07) is 11.8. The predicted molar refractivity (Wildman–Crippen MR) is 114 cm³/mol. The van der Waals surface area contributed by atoms with E-state index in [-0.39, 0.29) is 11.8 Å². The largest absolute Gasteiger partial charge is 0.398 e. The average Bonchev–Trinajstić information content (AvgIpc) is 2.84. The quantitative estimate of drug-likeness (QED) is 0.306. The van der Waals surface area contributed by atoms with Gasteiger partial charge in [-0.05, 0) is 54.5 Å². The topological polar surface area (TPSA) is 0 Å². The Kier molecular flexibility index (Phi) is 5.75. The summed E-state index contributed by atoms with van der Waals surface area (Å²) in [5.74, 6) is 0. The van der Waals surface area contributed by atoms with Crippen molar-refractivity contribution in [2.45, 2.75) is 70.4 Å². The lowest BCUT2D eigenvalue weighted by Gasteiger charge is -2.34. The van der Waals surface area contributed by atoms with Gasteiger partial charge in [-0.3, -0.25) is 0 Å². The van der Waals surface area contributed by atoms with Crippen molar-refractivity contribution in [2.75, 3.05) is 5.33 Å². The zero-order valence-corrected chi connectivity index (χ0v) is 18.6. The van der Waals surface area contributed by atoms with Crippen LogP contribution in [-0.4, -0.2) is 11.5 Å². The normalized spacial score (nSPS) is 17.1. The Hall–Kier alpha value is -1.29. The van der Waals surface area contributed by atoms with Crippen molar-refractivity contribution in [1.29, 1.82) is 0 Å². The molecule has 0 aliphatic heterocycles. The third kappa shape index (κ3) is 3.53. The molecule has 0 saturated heterocycles. The molecule has 4 heteroatoms. The molecule has 1 aliphatic rings. The predicted octanol–water partition coefficient (Wildman–Crippen LogP) is 8.08. The third-order valence-electron chi connectivity index (χ3n) is 6.40. The molecule has 0 fully saturated rings. The van der Waals surface area contributed by atoms with Crippen molar-refractivity contribution in [2.24, 2.45) is 0 Å². The smallest absolute Gasteiger partial charge is 0.170 e. The summed E-state index contributed by atoms with van der Waals surface area (Å²) in [4.78, 5) is 0. The van der Waals surface area contributed by atoms with Crippen LogP contribution in [0.1, 0.15) is 68.7 Å². The van der Waals surface area contributed by atoms with E-state index in [4.69, 9.17) is 0 Å². The van der Waals surface area contributed by atoms with Gasteiger partial charge in [-0.2, -0.15) is 13.2 Å². The van der Waals surface area contributed by atoms with Crippen LogP contribution in [0.25, 0.3) is 11.1 Å². The van der Waals surface area contributed by atoms with Crippen molar-refractivity contribution < 1.29 is 13.2 Å². The van der Waals surface area contributed by atoms with Crippen LogP contribution in [0.3, 0.4) is 0 Å². The number of unbranched alkanes of at least 4 members (excludes halogenated alkanes) is 2. The number of hydrogen-bond acceptors (Lipinski definition) is 0. The first kappa shape index (κ1) is 21.4. The molecule has 0 heterocycles. The minimum Gasteiger partial charge on any atom is -0.170 e. The van der Waals surface area contributed by atoms with Crippen LogP contribution in [0.5, 0.6) is 0 Å². The molecular formula is C24H28BrF3. The van der Waals surface area contributed by atoms with E-state index in [1.807, 2.05) is 12.1 Å². The minimum atomic E-state index is -4.28. The van der Waals surface area contributed by atoms with Crippen molar-refractivity contribution in [3.05, 3.63) is 58.7 Å². The zero-order valence-electron chi connectivity index (χ0n) is 17.0. The Labute approximate surface area is 174 Å². The van der Waals surface area contributed by atoms with Gasteiger partial charge >= 0.3 is 6.18 Å². The molecular weight excluding hydrogens is 425 g/mol. The first-order chi connectivity index (χ1) is 13.0. The van der Waals surface area contributed by atoms with E-state index in [0.29, 0.717) is 12.0 Å². The van der Waals surface area contributed by atoms with E-state index < -0.39 is 11.6 Å². The number of rotatable bonds is 6. The highest BCUT2D eigenvalue weighted by atomic mass is 79.9. The highest BCUT2D eigenvalue weighted by Gasteiger charge is 2.52. The Morgan fingerprint density at radius 3 is 2.11 bits per heavy atom. The fourth-order valence-electron chi connectivity index (χ4n) is 4.39. The number of alkyl halides is 4. The molecule has 3 rings (SSSR count). The fraction of sp³-hybridized carbons (Fsp3) is 0.500. The minimum absolute atomic E-state index is 0.120. The molecule has 0 N–H and O–H groups in total. The number of aryl methyl sites for hydroxylation is 1. The Balaban J connectivity index is 2.05. The number of hydrogen-bond donors (Lipinski definition) is 0. The molecule has 0 bridgehead atoms. The summed E-state index contributed by atoms with van der Waals surface area (Å²) < 4.78 is 42.5. The second-order valence-electron chi connectivity index (χ2n) is 8.76. The van der Waals surface area contributed by atoms with Crippen molar-refractivity contribution >= 4 is 15.9 Å². The van der Waals surface area contributed by atoms with Crippen molar-refractivity contribution in [3.63, 3.8) is 0 Å². The standard InChI is InChI=1S/C24H28BrF3/c1-16-8-10-18-19-11-9-17(15-21(19)22(2,3)20(18)14-16)23(4,24(26,27)28)12-6-5-7-13-25/h8-11,14-15H,5-7,12-13H2,1-4H3. The van der Waals surface area contributed by atoms with E-state index in [1.54, 1.807) is 6.07 Å². The molecule has 1 aliphatic carbocycles. The molecule has 0 aromatic heterocycles. The number of fused-ring (bicyclic) bond motifs is 3. The van der Waals surface area contributed by atoms with Gasteiger partial charge in [-0.15, -0.1) is 0 Å². The Morgan fingerprint density at radius 2 is 1.50 bits per heavy atom. The lowest BCUT2D eigenvalue weighted by molar-refractivity contribution is -0.188. The second kappa shape index (κ2) is 7.51. The highest BCUT2D eigenvalue weighted by molar-refractivity contribution is 9.09. The molecule has 0 saturated carbocycles. The summed E-state index contributed by atoms with van der Waals surface area (Å²) in [5, 5.41) is 0.834. The van der Waals surface area contributed by atoms with Gasteiger partial charge in [0.1, 0.15) is 0 Å². The van der Waals surface area contributed by atoms with Crippen LogP contribution in [0.2, 0.25) is 0 Å². The maximum Gasteiger partial charge on any atom is 0.398 e. The van der Waals surface area contributed by atoms with Crippen LogP contribution in [0.15, 0.2) is 36.4 Å². The van der Waals surface area contributed by atoms with E-state index in [2.05, 4.69) is 54.9 Å². The van der Waals surface area contributed by atoms with Gasteiger partial charge in [-0.1, -0.05) is 84.6 Å². The van der Waals surface area contributed by atoms with Crippen LogP contribution < -0.4 is 0 Å². The number of benzene rings is 2. The van der Waals surface area contributed by atoms with Gasteiger partial charge in [-0.25, -0.2) is 0 Å². The lowest BCUT2D eigenvalue weighted by Crippen LogP contribution is -2.39. The molecule has 1 unspecified atom stereocenters. The van der Waals surface area contributed by atoms with E-state index >= 15 is 0 Å². The van der Waals surface area contributed by atoms with Crippen LogP contribution >= 0.6 is 15.9 Å². The molecule has 28 heavy (non-hydrogen) atoms. The molecule has 2 aromatic rings. The van der Waals surface area contributed by atoms with Gasteiger partial charge in [0.25, 0.3) is 0 Å². The molecule has 0 spiro atoms. The molecule has 2 aromatic carbocycles. The maximum atomic E-state index is 14.2. The van der Waals surface area contributed by atoms with Crippen LogP contribution in [-0.2, 0) is 10.8 Å². The molecule has 0 radical (unpaired) electrons. The first-order valence-corrected chi connectivity index (χ1v) is 11.0. The van der Waals surface area contributed by atoms with Crippen LogP contribution in [0, 0.1) is 6.92 Å². The van der Waals surface area contributed by atoms with E-state index in [9.17, 15) is 13.2 Å². The zero-order chi connectivity index (χ0) is 20.7. The van der Waals surface area contributed by atoms with Gasteiger partial charge in [0.2, 0.25) is 0 Å². The van der Waals surface area contributed by atoms with Crippen molar-refractivity contribution in [1.82, 2.24) is 0 Å². The molecule has 0 amide bonds. The molecule has 1 atom stereocenters. The average molecular weight is 453 g/mol. The number of halogens is 4. The summed E-state index contributed by atoms with van der Waals surface area (Å²) >= 11 is 3.36. The van der Waals surface area contributed by atoms with Gasteiger partial charge in [0, 0.05) is 10.7 Å². The Bertz CT molecular complexity index is 867. The summed E-state index contributed by atoms with van der Waals surface area (Å²) in [6.07, 6.45) is -1.88. The maximum absolute atomic E-state index is 14.2. The second-order valence-corrected chi connectivity index (χ2v) is 9.56. The fourth-order valence-corrected chi connectivity index (χ4v) is 4.79. The van der Waals surface area contributed by atoms with E-state index in [0.717, 1.165) is 34.9 Å². The summed E-state index contributed by atoms with van der Waals surface area (Å²) in [7, 11) is 0. The van der Waals surface area contributed by atoms with Crippen molar-refractivity contribution in [3.8, 4) is 11.1 Å². The monoisotopic (exact) mass is 452 g/mol. The summed E-state index contributed by atoms with van der Waals surface area (Å²) in [6.45, 7) is 7.64. The van der Waals surface area contributed by atoms with Gasteiger partial charge < -0.3 is 0 Å². The van der Waals surface area contributed by atoms with Gasteiger partial charge in [0.15, 0.2) is 0 Å². The first-order valence-electron chi connectivity index (χ1n) is 9.91. The van der Waals surface area contributed by atoms with Crippen LogP contribution in [0.4, 0.5) is 13.2 Å². The van der Waals surface area contributed by atoms with Gasteiger partial charge in [0.05, 0.1) is 5.41 Å². The Morgan fingerprint density at radius 1 is 0.893 bits per heavy atom. The molecule has 152 valence electrons.